The average Bonchev–Trinajstić information content (AvgIpc) is 3.72. The molecule has 0 amide bonds. The summed E-state index contributed by atoms with van der Waals surface area (Å²) in [7, 11) is -2.90. The molecule has 240 valence electrons. The van der Waals surface area contributed by atoms with Crippen LogP contribution in [0.4, 0.5) is 0 Å². The quantitative estimate of drug-likeness (QED) is 0.124. The predicted octanol–water partition coefficient (Wildman–Crippen LogP) is 9.26. The molecule has 0 aliphatic heterocycles. The van der Waals surface area contributed by atoms with Crippen LogP contribution in [0, 0.1) is 0 Å². The van der Waals surface area contributed by atoms with Crippen molar-refractivity contribution in [1.29, 1.82) is 0 Å². The first-order chi connectivity index (χ1) is 25.3. The smallest absolute Gasteiger partial charge is 0.179 e. The molecule has 10 aromatic rings. The van der Waals surface area contributed by atoms with Crippen LogP contribution in [0.1, 0.15) is 0 Å². The number of rotatable bonds is 6. The van der Waals surface area contributed by atoms with Gasteiger partial charge in [0.1, 0.15) is 0 Å². The van der Waals surface area contributed by atoms with E-state index in [1.54, 1.807) is 0 Å². The van der Waals surface area contributed by atoms with Gasteiger partial charge in [0.25, 0.3) is 0 Å². The zero-order valence-electron chi connectivity index (χ0n) is 28.0. The van der Waals surface area contributed by atoms with E-state index in [2.05, 4.69) is 215 Å². The lowest BCUT2D eigenvalue weighted by atomic mass is 10.1. The molecule has 3 heteroatoms. The van der Waals surface area contributed by atoms with Crippen LogP contribution < -0.4 is 20.7 Å². The predicted molar refractivity (Wildman–Crippen MR) is 219 cm³/mol. The van der Waals surface area contributed by atoms with Gasteiger partial charge in [0.2, 0.25) is 0 Å². The molecule has 2 heterocycles. The van der Waals surface area contributed by atoms with Crippen LogP contribution in [0.2, 0.25) is 0 Å². The lowest BCUT2D eigenvalue weighted by Crippen LogP contribution is -2.74. The second-order valence-electron chi connectivity index (χ2n) is 13.3. The van der Waals surface area contributed by atoms with Crippen LogP contribution in [0.15, 0.2) is 206 Å². The van der Waals surface area contributed by atoms with Crippen molar-refractivity contribution in [1.82, 2.24) is 9.13 Å². The molecule has 0 saturated heterocycles. The summed E-state index contributed by atoms with van der Waals surface area (Å²) in [5.41, 5.74) is 7.22. The van der Waals surface area contributed by atoms with Crippen molar-refractivity contribution in [2.75, 3.05) is 0 Å². The number of hydrogen-bond acceptors (Lipinski definition) is 0. The summed E-state index contributed by atoms with van der Waals surface area (Å²) in [6.07, 6.45) is 0. The maximum absolute atomic E-state index is 2.90. The molecule has 0 unspecified atom stereocenters. The Labute approximate surface area is 298 Å². The van der Waals surface area contributed by atoms with Crippen LogP contribution >= 0.6 is 0 Å². The Morgan fingerprint density at radius 1 is 0.255 bits per heavy atom. The summed E-state index contributed by atoms with van der Waals surface area (Å²) in [5, 5.41) is 10.5. The van der Waals surface area contributed by atoms with Gasteiger partial charge < -0.3 is 9.13 Å². The van der Waals surface area contributed by atoms with E-state index in [1.807, 2.05) is 0 Å². The van der Waals surface area contributed by atoms with Crippen molar-refractivity contribution in [3.63, 3.8) is 0 Å². The van der Waals surface area contributed by atoms with E-state index in [1.165, 1.54) is 75.7 Å². The highest BCUT2D eigenvalue weighted by molar-refractivity contribution is 7.20. The summed E-state index contributed by atoms with van der Waals surface area (Å²) < 4.78 is 4.89. The third kappa shape index (κ3) is 4.49. The molecule has 0 aliphatic rings. The minimum absolute atomic E-state index is 1.17. The van der Waals surface area contributed by atoms with Gasteiger partial charge in [-0.3, -0.25) is 0 Å². The number of para-hydroxylation sites is 4. The van der Waals surface area contributed by atoms with Gasteiger partial charge in [-0.1, -0.05) is 158 Å². The van der Waals surface area contributed by atoms with E-state index in [9.17, 15) is 0 Å². The fourth-order valence-corrected chi connectivity index (χ4v) is 13.3. The number of aromatic nitrogens is 2. The SMILES string of the molecule is c1ccc(-n2c3ccccc3c3ccc([Si](c4ccccc4)(c4ccccc4)c4cccc(-n5c6ccccc6c6ccccc65)c4)cc32)cc1. The van der Waals surface area contributed by atoms with Crippen molar-refractivity contribution in [2.24, 2.45) is 0 Å². The molecule has 2 aromatic heterocycles. The Bertz CT molecular complexity index is 2760. The molecule has 51 heavy (non-hydrogen) atoms. The van der Waals surface area contributed by atoms with Crippen molar-refractivity contribution in [3.05, 3.63) is 206 Å². The topological polar surface area (TPSA) is 9.86 Å². The third-order valence-corrected chi connectivity index (χ3v) is 15.4. The van der Waals surface area contributed by atoms with Crippen molar-refractivity contribution in [3.8, 4) is 11.4 Å². The van der Waals surface area contributed by atoms with Crippen molar-refractivity contribution < 1.29 is 0 Å². The monoisotopic (exact) mass is 666 g/mol. The molecule has 0 saturated carbocycles. The summed E-state index contributed by atoms with van der Waals surface area (Å²) in [6, 6.07) is 76.3. The Morgan fingerprint density at radius 3 is 1.20 bits per heavy atom. The van der Waals surface area contributed by atoms with Gasteiger partial charge in [0, 0.05) is 32.9 Å². The summed E-state index contributed by atoms with van der Waals surface area (Å²) >= 11 is 0. The number of fused-ring (bicyclic) bond motifs is 6. The molecule has 0 aliphatic carbocycles. The van der Waals surface area contributed by atoms with Gasteiger partial charge in [-0.15, -0.1) is 0 Å². The number of nitrogens with zero attached hydrogens (tertiary/aromatic N) is 2. The van der Waals surface area contributed by atoms with Crippen LogP contribution in [-0.4, -0.2) is 17.2 Å². The normalized spacial score (nSPS) is 11.9. The maximum Gasteiger partial charge on any atom is 0.179 e. The van der Waals surface area contributed by atoms with Crippen LogP contribution in [0.3, 0.4) is 0 Å². The Balaban J connectivity index is 1.32. The first-order valence-electron chi connectivity index (χ1n) is 17.6. The highest BCUT2D eigenvalue weighted by atomic mass is 28.3. The fraction of sp³-hybridized carbons (Fsp3) is 0. The second kappa shape index (κ2) is 11.9. The summed E-state index contributed by atoms with van der Waals surface area (Å²) in [4.78, 5) is 0. The van der Waals surface area contributed by atoms with Gasteiger partial charge in [-0.05, 0) is 69.3 Å². The molecule has 0 bridgehead atoms. The van der Waals surface area contributed by atoms with E-state index in [0.717, 1.165) is 0 Å². The van der Waals surface area contributed by atoms with Gasteiger partial charge in [-0.25, -0.2) is 0 Å². The van der Waals surface area contributed by atoms with Crippen LogP contribution in [-0.2, 0) is 0 Å². The molecule has 0 fully saturated rings. The second-order valence-corrected chi connectivity index (χ2v) is 17.1. The molecule has 2 nitrogen and oxygen atoms in total. The Kier molecular flexibility index (Phi) is 6.86. The van der Waals surface area contributed by atoms with Crippen LogP contribution in [0.5, 0.6) is 0 Å². The molecule has 0 atom stereocenters. The minimum atomic E-state index is -2.90. The minimum Gasteiger partial charge on any atom is -0.309 e. The van der Waals surface area contributed by atoms with Crippen molar-refractivity contribution >= 4 is 72.4 Å². The van der Waals surface area contributed by atoms with Crippen molar-refractivity contribution in [2.45, 2.75) is 0 Å². The number of hydrogen-bond donors (Lipinski definition) is 0. The molecule has 0 N–H and O–H groups in total. The van der Waals surface area contributed by atoms with Gasteiger partial charge in [0.15, 0.2) is 8.07 Å². The molecular weight excluding hydrogens is 633 g/mol. The Hall–Kier alpha value is -6.42. The van der Waals surface area contributed by atoms with E-state index >= 15 is 0 Å². The molecule has 10 rings (SSSR count). The van der Waals surface area contributed by atoms with Gasteiger partial charge >= 0.3 is 0 Å². The molecular formula is C48H34N2Si. The standard InChI is InChI=1S/C48H34N2Si/c1-4-17-35(18-5-1)49-45-28-13-12-27-43(45)44-32-31-40(34-48(44)49)51(37-20-6-2-7-21-37,38-22-8-3-9-23-38)39-24-16-19-36(33-39)50-46-29-14-10-25-41(46)42-26-11-15-30-47(42)50/h1-34H. The fourth-order valence-electron chi connectivity index (χ4n) is 8.51. The van der Waals surface area contributed by atoms with Gasteiger partial charge in [0.05, 0.1) is 22.1 Å². The van der Waals surface area contributed by atoms with E-state index in [4.69, 9.17) is 0 Å². The summed E-state index contributed by atoms with van der Waals surface area (Å²) in [6.45, 7) is 0. The average molecular weight is 667 g/mol. The van der Waals surface area contributed by atoms with E-state index in [0.29, 0.717) is 0 Å². The maximum atomic E-state index is 2.50. The first kappa shape index (κ1) is 29.5. The lowest BCUT2D eigenvalue weighted by molar-refractivity contribution is 1.18. The number of benzene rings is 8. The third-order valence-electron chi connectivity index (χ3n) is 10.7. The Morgan fingerprint density at radius 2 is 0.647 bits per heavy atom. The van der Waals surface area contributed by atoms with Gasteiger partial charge in [-0.2, -0.15) is 0 Å². The zero-order chi connectivity index (χ0) is 33.8. The molecule has 0 spiro atoms. The molecule has 0 radical (unpaired) electrons. The first-order valence-corrected chi connectivity index (χ1v) is 19.6. The lowest BCUT2D eigenvalue weighted by Gasteiger charge is -2.35. The highest BCUT2D eigenvalue weighted by Crippen LogP contribution is 2.33. The summed E-state index contributed by atoms with van der Waals surface area (Å²) in [5.74, 6) is 0. The zero-order valence-corrected chi connectivity index (χ0v) is 29.0. The van der Waals surface area contributed by atoms with E-state index < -0.39 is 8.07 Å². The highest BCUT2D eigenvalue weighted by Gasteiger charge is 2.42. The van der Waals surface area contributed by atoms with E-state index in [-0.39, 0.29) is 0 Å². The largest absolute Gasteiger partial charge is 0.309 e. The molecule has 8 aromatic carbocycles. The van der Waals surface area contributed by atoms with Crippen LogP contribution in [0.25, 0.3) is 55.0 Å².